The molecule has 0 aliphatic rings. The fourth-order valence-corrected chi connectivity index (χ4v) is 4.42. The summed E-state index contributed by atoms with van der Waals surface area (Å²) in [6.07, 6.45) is 20.4. The number of unbranched alkanes of at least 4 members (excludes halogenated alkanes) is 15. The molecule has 0 saturated heterocycles. The van der Waals surface area contributed by atoms with E-state index in [2.05, 4.69) is 6.92 Å². The fourth-order valence-electron chi connectivity index (χ4n) is 3.69. The molecule has 8 heteroatoms. The van der Waals surface area contributed by atoms with Crippen LogP contribution in [0.25, 0.3) is 0 Å². The van der Waals surface area contributed by atoms with Gasteiger partial charge in [-0.3, -0.25) is 4.57 Å². The summed E-state index contributed by atoms with van der Waals surface area (Å²) in [6, 6.07) is 0. The van der Waals surface area contributed by atoms with Gasteiger partial charge >= 0.3 is 0 Å². The number of hydrogen-bond donors (Lipinski definition) is 1. The van der Waals surface area contributed by atoms with Gasteiger partial charge in [0.05, 0.1) is 34.4 Å². The minimum absolute atomic E-state index is 0.0636. The van der Waals surface area contributed by atoms with Gasteiger partial charge in [-0.15, -0.1) is 0 Å². The first-order valence-electron chi connectivity index (χ1n) is 13.8. The SMILES string of the molecule is CCCCCCCCCCCCCCCCCCO[C@@H](CO)COP(=O)([O-])OCC[N+](C)(C)C. The Morgan fingerprint density at radius 1 is 0.735 bits per heavy atom. The lowest BCUT2D eigenvalue weighted by Gasteiger charge is -2.28. The molecule has 2 atom stereocenters. The minimum atomic E-state index is -4.37. The number of rotatable bonds is 26. The molecular weight excluding hydrogens is 453 g/mol. The first-order chi connectivity index (χ1) is 16.2. The molecule has 0 rings (SSSR count). The molecule has 0 aliphatic carbocycles. The summed E-state index contributed by atoms with van der Waals surface area (Å²) in [7, 11) is 1.48. The fraction of sp³-hybridized carbons (Fsp3) is 1.00. The smallest absolute Gasteiger partial charge is 0.268 e. The zero-order valence-corrected chi connectivity index (χ0v) is 23.7. The van der Waals surface area contributed by atoms with E-state index in [1.807, 2.05) is 21.1 Å². The van der Waals surface area contributed by atoms with Crippen LogP contribution in [0.1, 0.15) is 110 Å². The Morgan fingerprint density at radius 3 is 1.59 bits per heavy atom. The molecule has 0 amide bonds. The van der Waals surface area contributed by atoms with Gasteiger partial charge in [-0.05, 0) is 6.42 Å². The highest BCUT2D eigenvalue weighted by atomic mass is 31.2. The second kappa shape index (κ2) is 22.2. The van der Waals surface area contributed by atoms with Gasteiger partial charge in [-0.25, -0.2) is 0 Å². The molecule has 34 heavy (non-hydrogen) atoms. The van der Waals surface area contributed by atoms with Crippen LogP contribution >= 0.6 is 7.82 Å². The van der Waals surface area contributed by atoms with Crippen molar-refractivity contribution in [1.82, 2.24) is 0 Å². The van der Waals surface area contributed by atoms with E-state index in [1.165, 1.54) is 89.9 Å². The largest absolute Gasteiger partial charge is 0.756 e. The van der Waals surface area contributed by atoms with E-state index < -0.39 is 13.9 Å². The molecule has 1 N–H and O–H groups in total. The van der Waals surface area contributed by atoms with Crippen LogP contribution in [0.4, 0.5) is 0 Å². The molecule has 0 aromatic rings. The van der Waals surface area contributed by atoms with Crippen LogP contribution in [-0.2, 0) is 18.3 Å². The monoisotopic (exact) mass is 509 g/mol. The average Bonchev–Trinajstić information content (AvgIpc) is 2.76. The molecule has 206 valence electrons. The molecule has 0 radical (unpaired) electrons. The lowest BCUT2D eigenvalue weighted by molar-refractivity contribution is -0.870. The lowest BCUT2D eigenvalue weighted by Crippen LogP contribution is -2.37. The summed E-state index contributed by atoms with van der Waals surface area (Å²) >= 11 is 0. The van der Waals surface area contributed by atoms with Gasteiger partial charge in [-0.1, -0.05) is 103 Å². The first kappa shape index (κ1) is 34.0. The van der Waals surface area contributed by atoms with Gasteiger partial charge < -0.3 is 28.3 Å². The van der Waals surface area contributed by atoms with E-state index in [0.29, 0.717) is 17.6 Å². The Morgan fingerprint density at radius 2 is 1.18 bits per heavy atom. The third-order valence-electron chi connectivity index (χ3n) is 5.99. The molecule has 0 saturated carbocycles. The maximum Gasteiger partial charge on any atom is 0.268 e. The van der Waals surface area contributed by atoms with Crippen molar-refractivity contribution >= 4 is 7.82 Å². The van der Waals surface area contributed by atoms with Crippen molar-refractivity contribution in [3.63, 3.8) is 0 Å². The maximum atomic E-state index is 11.8. The summed E-state index contributed by atoms with van der Waals surface area (Å²) in [6.45, 7) is 2.88. The topological polar surface area (TPSA) is 88.0 Å². The van der Waals surface area contributed by atoms with Gasteiger partial charge in [0.2, 0.25) is 0 Å². The van der Waals surface area contributed by atoms with Gasteiger partial charge in [-0.2, -0.15) is 0 Å². The summed E-state index contributed by atoms with van der Waals surface area (Å²) in [5, 5.41) is 9.40. The zero-order chi connectivity index (χ0) is 25.5. The van der Waals surface area contributed by atoms with Gasteiger partial charge in [0.1, 0.15) is 19.3 Å². The van der Waals surface area contributed by atoms with Gasteiger partial charge in [0.15, 0.2) is 0 Å². The van der Waals surface area contributed by atoms with Crippen molar-refractivity contribution in [2.75, 3.05) is 54.1 Å². The van der Waals surface area contributed by atoms with Crippen molar-refractivity contribution in [2.45, 2.75) is 116 Å². The van der Waals surface area contributed by atoms with E-state index in [1.54, 1.807) is 0 Å². The van der Waals surface area contributed by atoms with Crippen LogP contribution < -0.4 is 4.89 Å². The number of phosphoric acid groups is 1. The van der Waals surface area contributed by atoms with Crippen LogP contribution in [-0.4, -0.2) is 69.8 Å². The highest BCUT2D eigenvalue weighted by Gasteiger charge is 2.16. The predicted octanol–water partition coefficient (Wildman–Crippen LogP) is 5.83. The van der Waals surface area contributed by atoms with E-state index in [-0.39, 0.29) is 19.8 Å². The van der Waals surface area contributed by atoms with Crippen molar-refractivity contribution < 1.29 is 32.8 Å². The van der Waals surface area contributed by atoms with Crippen LogP contribution in [0.5, 0.6) is 0 Å². The Bertz CT molecular complexity index is 486. The van der Waals surface area contributed by atoms with Crippen molar-refractivity contribution in [1.29, 1.82) is 0 Å². The summed E-state index contributed by atoms with van der Waals surface area (Å²) < 4.78 is 27.7. The van der Waals surface area contributed by atoms with Crippen LogP contribution in [0.15, 0.2) is 0 Å². The predicted molar refractivity (Wildman–Crippen MR) is 139 cm³/mol. The number of aliphatic hydroxyl groups excluding tert-OH is 1. The number of quaternary nitrogens is 1. The highest BCUT2D eigenvalue weighted by molar-refractivity contribution is 7.45. The van der Waals surface area contributed by atoms with Crippen molar-refractivity contribution in [2.24, 2.45) is 0 Å². The van der Waals surface area contributed by atoms with Crippen molar-refractivity contribution in [3.8, 4) is 0 Å². The van der Waals surface area contributed by atoms with Crippen molar-refractivity contribution in [3.05, 3.63) is 0 Å². The number of likely N-dealkylation sites (N-methyl/N-ethyl adjacent to an activating group) is 1. The Kier molecular flexibility index (Phi) is 22.2. The highest BCUT2D eigenvalue weighted by Crippen LogP contribution is 2.38. The number of nitrogens with zero attached hydrogens (tertiary/aromatic N) is 1. The first-order valence-corrected chi connectivity index (χ1v) is 15.3. The molecule has 0 aromatic heterocycles. The Labute approximate surface area is 210 Å². The molecule has 0 spiro atoms. The standard InChI is InChI=1S/C26H56NO6P/c1-5-6-7-8-9-10-11-12-13-14-15-16-17-18-19-20-22-31-26(24-28)25-33-34(29,30)32-23-21-27(2,3)4/h26,28H,5-25H2,1-4H3/t26-/m0/s1. The molecule has 0 fully saturated rings. The summed E-state index contributed by atoms with van der Waals surface area (Å²) in [4.78, 5) is 11.8. The molecule has 1 unspecified atom stereocenters. The normalized spacial score (nSPS) is 14.9. The molecule has 0 bridgehead atoms. The molecular formula is C26H56NO6P. The summed E-state index contributed by atoms with van der Waals surface area (Å²) in [5.74, 6) is 0. The van der Waals surface area contributed by atoms with Crippen LogP contribution in [0.3, 0.4) is 0 Å². The van der Waals surface area contributed by atoms with E-state index >= 15 is 0 Å². The Hall–Kier alpha value is -0.0100. The van der Waals surface area contributed by atoms with Gasteiger partial charge in [0, 0.05) is 6.61 Å². The minimum Gasteiger partial charge on any atom is -0.756 e. The number of hydrogen-bond acceptors (Lipinski definition) is 6. The van der Waals surface area contributed by atoms with E-state index in [4.69, 9.17) is 13.8 Å². The third-order valence-corrected chi connectivity index (χ3v) is 6.95. The molecule has 0 aromatic carbocycles. The van der Waals surface area contributed by atoms with E-state index in [9.17, 15) is 14.6 Å². The third kappa shape index (κ3) is 25.1. The summed E-state index contributed by atoms with van der Waals surface area (Å²) in [5.41, 5.74) is 0. The van der Waals surface area contributed by atoms with Crippen LogP contribution in [0, 0.1) is 0 Å². The van der Waals surface area contributed by atoms with Gasteiger partial charge in [0.25, 0.3) is 7.82 Å². The second-order valence-corrected chi connectivity index (χ2v) is 12.0. The number of phosphoric ester groups is 1. The zero-order valence-electron chi connectivity index (χ0n) is 22.8. The number of aliphatic hydroxyl groups is 1. The lowest BCUT2D eigenvalue weighted by atomic mass is 10.0. The molecule has 0 aliphatic heterocycles. The quantitative estimate of drug-likeness (QED) is 0.0896. The maximum absolute atomic E-state index is 11.8. The Balaban J connectivity index is 3.51. The number of ether oxygens (including phenoxy) is 1. The molecule has 0 heterocycles. The second-order valence-electron chi connectivity index (χ2n) is 10.6. The molecule has 7 nitrogen and oxygen atoms in total. The van der Waals surface area contributed by atoms with Crippen LogP contribution in [0.2, 0.25) is 0 Å². The average molecular weight is 510 g/mol. The van der Waals surface area contributed by atoms with E-state index in [0.717, 1.165) is 12.8 Å².